The average Bonchev–Trinajstić information content (AvgIpc) is 2.55. The van der Waals surface area contributed by atoms with Crippen molar-refractivity contribution in [3.8, 4) is 0 Å². The van der Waals surface area contributed by atoms with Crippen molar-refractivity contribution in [1.29, 1.82) is 0 Å². The molecular weight excluding hydrogens is 290 g/mol. The second-order valence-corrected chi connectivity index (χ2v) is 6.93. The van der Waals surface area contributed by atoms with E-state index < -0.39 is 5.97 Å². The van der Waals surface area contributed by atoms with Crippen molar-refractivity contribution in [2.45, 2.75) is 31.8 Å². The van der Waals surface area contributed by atoms with Gasteiger partial charge in [0.05, 0.1) is 5.92 Å². The van der Waals surface area contributed by atoms with Gasteiger partial charge in [0.15, 0.2) is 0 Å². The predicted octanol–water partition coefficient (Wildman–Crippen LogP) is 1.78. The topological polar surface area (TPSA) is 69.8 Å². The number of hydrogen-bond acceptors (Lipinski definition) is 4. The van der Waals surface area contributed by atoms with Crippen LogP contribution in [0.2, 0.25) is 0 Å². The monoisotopic (exact) mass is 317 g/mol. The zero-order valence-corrected chi connectivity index (χ0v) is 14.0. The number of nitrogens with zero attached hydrogens (tertiary/aromatic N) is 2. The van der Waals surface area contributed by atoms with Gasteiger partial charge in [-0.2, -0.15) is 0 Å². The minimum absolute atomic E-state index is 0.179. The third-order valence-electron chi connectivity index (χ3n) is 5.59. The molecule has 0 saturated carbocycles. The summed E-state index contributed by atoms with van der Waals surface area (Å²) in [6.07, 6.45) is 1.49. The number of aryl methyl sites for hydroxylation is 1. The third kappa shape index (κ3) is 3.01. The first kappa shape index (κ1) is 16.4. The number of rotatable bonds is 3. The van der Waals surface area contributed by atoms with Crippen LogP contribution in [0.5, 0.6) is 0 Å². The summed E-state index contributed by atoms with van der Waals surface area (Å²) in [6, 6.07) is 7.14. The zero-order valence-electron chi connectivity index (χ0n) is 14.0. The summed E-state index contributed by atoms with van der Waals surface area (Å²) >= 11 is 0. The molecule has 0 amide bonds. The standard InChI is InChI=1S/C18H27N3O2/c1-12-4-3-5-14-16(11-20(2)15(10-19)17(12)14)21-8-6-13(7-9-21)18(22)23/h3-5,13,15-16H,6-11,19H2,1-2H3,(H,22,23). The molecule has 3 N–H and O–H groups in total. The fourth-order valence-electron chi connectivity index (χ4n) is 4.24. The Hall–Kier alpha value is -1.43. The number of likely N-dealkylation sites (tertiary alicyclic amines) is 1. The van der Waals surface area contributed by atoms with Gasteiger partial charge in [-0.1, -0.05) is 18.2 Å². The van der Waals surface area contributed by atoms with E-state index in [1.54, 1.807) is 0 Å². The molecule has 0 spiro atoms. The number of fused-ring (bicyclic) bond motifs is 1. The van der Waals surface area contributed by atoms with Gasteiger partial charge in [-0.25, -0.2) is 0 Å². The van der Waals surface area contributed by atoms with E-state index in [1.807, 2.05) is 0 Å². The lowest BCUT2D eigenvalue weighted by molar-refractivity contribution is -0.143. The van der Waals surface area contributed by atoms with Gasteiger partial charge in [-0.3, -0.25) is 14.6 Å². The van der Waals surface area contributed by atoms with Crippen LogP contribution in [-0.4, -0.2) is 54.1 Å². The number of hydrogen-bond donors (Lipinski definition) is 2. The van der Waals surface area contributed by atoms with Gasteiger partial charge in [0, 0.05) is 25.2 Å². The van der Waals surface area contributed by atoms with E-state index in [0.717, 1.165) is 32.5 Å². The van der Waals surface area contributed by atoms with E-state index in [9.17, 15) is 9.90 Å². The number of piperidine rings is 1. The highest BCUT2D eigenvalue weighted by molar-refractivity contribution is 5.70. The van der Waals surface area contributed by atoms with Gasteiger partial charge >= 0.3 is 5.97 Å². The number of likely N-dealkylation sites (N-methyl/N-ethyl adjacent to an activating group) is 1. The molecule has 1 aromatic rings. The maximum absolute atomic E-state index is 11.2. The Morgan fingerprint density at radius 2 is 2.04 bits per heavy atom. The number of nitrogens with two attached hydrogens (primary N) is 1. The zero-order chi connectivity index (χ0) is 16.6. The highest BCUT2D eigenvalue weighted by Crippen LogP contribution is 2.39. The Morgan fingerprint density at radius 3 is 2.65 bits per heavy atom. The molecule has 0 radical (unpaired) electrons. The van der Waals surface area contributed by atoms with Crippen LogP contribution in [0.15, 0.2) is 18.2 Å². The summed E-state index contributed by atoms with van der Waals surface area (Å²) in [6.45, 7) is 5.46. The van der Waals surface area contributed by atoms with Crippen LogP contribution in [0.4, 0.5) is 0 Å². The van der Waals surface area contributed by atoms with Crippen LogP contribution >= 0.6 is 0 Å². The first-order chi connectivity index (χ1) is 11.0. The minimum Gasteiger partial charge on any atom is -0.481 e. The van der Waals surface area contributed by atoms with E-state index in [4.69, 9.17) is 5.73 Å². The van der Waals surface area contributed by atoms with E-state index in [1.165, 1.54) is 16.7 Å². The molecule has 0 bridgehead atoms. The number of carboxylic acids is 1. The average molecular weight is 317 g/mol. The largest absolute Gasteiger partial charge is 0.481 e. The summed E-state index contributed by atoms with van der Waals surface area (Å²) in [5.74, 6) is -0.828. The first-order valence-electron chi connectivity index (χ1n) is 8.49. The minimum atomic E-state index is -0.648. The predicted molar refractivity (Wildman–Crippen MR) is 90.3 cm³/mol. The molecule has 126 valence electrons. The van der Waals surface area contributed by atoms with Crippen LogP contribution in [0.3, 0.4) is 0 Å². The number of carboxylic acid groups (broad SMARTS) is 1. The number of benzene rings is 1. The Balaban J connectivity index is 1.87. The molecule has 5 heteroatoms. The molecule has 1 fully saturated rings. The molecule has 2 heterocycles. The maximum Gasteiger partial charge on any atom is 0.306 e. The highest BCUT2D eigenvalue weighted by atomic mass is 16.4. The molecule has 3 rings (SSSR count). The molecule has 2 atom stereocenters. The quantitative estimate of drug-likeness (QED) is 0.889. The van der Waals surface area contributed by atoms with Gasteiger partial charge in [0.25, 0.3) is 0 Å². The van der Waals surface area contributed by atoms with E-state index in [2.05, 4.69) is 42.0 Å². The summed E-state index contributed by atoms with van der Waals surface area (Å²) in [5, 5.41) is 9.20. The van der Waals surface area contributed by atoms with Gasteiger partial charge < -0.3 is 10.8 Å². The second kappa shape index (κ2) is 6.59. The Kier molecular flexibility index (Phi) is 4.71. The number of aliphatic carboxylic acids is 1. The van der Waals surface area contributed by atoms with Crippen LogP contribution in [0.25, 0.3) is 0 Å². The third-order valence-corrected chi connectivity index (χ3v) is 5.59. The van der Waals surface area contributed by atoms with E-state index >= 15 is 0 Å². The molecule has 2 aliphatic heterocycles. The number of carbonyl (C=O) groups is 1. The van der Waals surface area contributed by atoms with Gasteiger partial charge in [-0.15, -0.1) is 0 Å². The summed E-state index contributed by atoms with van der Waals surface area (Å²) < 4.78 is 0. The van der Waals surface area contributed by atoms with Crippen molar-refractivity contribution in [2.24, 2.45) is 11.7 Å². The molecule has 1 aromatic carbocycles. The molecule has 0 aromatic heterocycles. The Bertz CT molecular complexity index is 582. The molecule has 2 unspecified atom stereocenters. The fourth-order valence-corrected chi connectivity index (χ4v) is 4.24. The highest BCUT2D eigenvalue weighted by Gasteiger charge is 2.36. The Labute approximate surface area is 138 Å². The molecule has 1 saturated heterocycles. The van der Waals surface area contributed by atoms with Crippen molar-refractivity contribution in [1.82, 2.24) is 9.80 Å². The molecular formula is C18H27N3O2. The van der Waals surface area contributed by atoms with Crippen molar-refractivity contribution < 1.29 is 9.90 Å². The summed E-state index contributed by atoms with van der Waals surface area (Å²) in [4.78, 5) is 16.0. The van der Waals surface area contributed by atoms with Crippen molar-refractivity contribution >= 4 is 5.97 Å². The second-order valence-electron chi connectivity index (χ2n) is 6.93. The van der Waals surface area contributed by atoms with Crippen molar-refractivity contribution in [3.63, 3.8) is 0 Å². The van der Waals surface area contributed by atoms with Crippen LogP contribution in [-0.2, 0) is 4.79 Å². The van der Waals surface area contributed by atoms with Crippen molar-refractivity contribution in [3.05, 3.63) is 34.9 Å². The normalized spacial score (nSPS) is 26.9. The maximum atomic E-state index is 11.2. The van der Waals surface area contributed by atoms with E-state index in [0.29, 0.717) is 12.6 Å². The lowest BCUT2D eigenvalue weighted by atomic mass is 9.84. The first-order valence-corrected chi connectivity index (χ1v) is 8.49. The van der Waals surface area contributed by atoms with E-state index in [-0.39, 0.29) is 12.0 Å². The smallest absolute Gasteiger partial charge is 0.306 e. The SMILES string of the molecule is Cc1cccc2c1C(CN)N(C)CC2N1CCC(C(=O)O)CC1. The molecule has 5 nitrogen and oxygen atoms in total. The van der Waals surface area contributed by atoms with Crippen LogP contribution in [0, 0.1) is 12.8 Å². The lowest BCUT2D eigenvalue weighted by Crippen LogP contribution is -2.47. The lowest BCUT2D eigenvalue weighted by Gasteiger charge is -2.45. The molecule has 0 aliphatic carbocycles. The van der Waals surface area contributed by atoms with Crippen molar-refractivity contribution in [2.75, 3.05) is 33.2 Å². The fraction of sp³-hybridized carbons (Fsp3) is 0.611. The van der Waals surface area contributed by atoms with Crippen LogP contribution < -0.4 is 5.73 Å². The van der Waals surface area contributed by atoms with Gasteiger partial charge in [0.1, 0.15) is 0 Å². The van der Waals surface area contributed by atoms with Gasteiger partial charge in [-0.05, 0) is 56.6 Å². The summed E-state index contributed by atoms with van der Waals surface area (Å²) in [7, 11) is 2.14. The van der Waals surface area contributed by atoms with Gasteiger partial charge in [0.2, 0.25) is 0 Å². The summed E-state index contributed by atoms with van der Waals surface area (Å²) in [5.41, 5.74) is 10.1. The molecule has 23 heavy (non-hydrogen) atoms. The molecule has 2 aliphatic rings. The van der Waals surface area contributed by atoms with Crippen LogP contribution in [0.1, 0.15) is 41.6 Å². The Morgan fingerprint density at radius 1 is 1.35 bits per heavy atom.